The van der Waals surface area contributed by atoms with Crippen LogP contribution in [-0.4, -0.2) is 23.2 Å². The van der Waals surface area contributed by atoms with E-state index in [4.69, 9.17) is 4.74 Å². The van der Waals surface area contributed by atoms with Crippen molar-refractivity contribution in [2.75, 3.05) is 7.11 Å². The summed E-state index contributed by atoms with van der Waals surface area (Å²) in [4.78, 5) is 10.9. The number of hydrogen-bond acceptors (Lipinski definition) is 3. The van der Waals surface area contributed by atoms with Crippen LogP contribution in [0.4, 0.5) is 0 Å². The van der Waals surface area contributed by atoms with E-state index in [1.807, 2.05) is 47.3 Å². The molecular formula is C16H14N2O2. The number of aromatic nitrogens is 2. The molecule has 0 aliphatic carbocycles. The first-order valence-corrected chi connectivity index (χ1v) is 6.34. The highest BCUT2D eigenvalue weighted by molar-refractivity contribution is 5.78. The monoisotopic (exact) mass is 266 g/mol. The second-order valence-electron chi connectivity index (χ2n) is 4.55. The van der Waals surface area contributed by atoms with Crippen LogP contribution < -0.4 is 4.74 Å². The van der Waals surface area contributed by atoms with Gasteiger partial charge in [-0.2, -0.15) is 5.10 Å². The molecule has 1 heterocycles. The zero-order chi connectivity index (χ0) is 13.9. The first kappa shape index (κ1) is 12.4. The molecule has 3 rings (SSSR count). The molecule has 0 atom stereocenters. The normalized spacial score (nSPS) is 10.7. The van der Waals surface area contributed by atoms with Crippen LogP contribution in [0.25, 0.3) is 10.9 Å². The van der Waals surface area contributed by atoms with Crippen LogP contribution in [0.2, 0.25) is 0 Å². The number of carbonyl (C=O) groups is 1. The van der Waals surface area contributed by atoms with Crippen molar-refractivity contribution < 1.29 is 9.53 Å². The lowest BCUT2D eigenvalue weighted by atomic mass is 10.1. The highest BCUT2D eigenvalue weighted by Crippen LogP contribution is 2.22. The Labute approximate surface area is 116 Å². The maximum Gasteiger partial charge on any atom is 0.150 e. The first-order chi connectivity index (χ1) is 9.81. The molecule has 0 radical (unpaired) electrons. The van der Waals surface area contributed by atoms with Crippen molar-refractivity contribution in [2.24, 2.45) is 0 Å². The van der Waals surface area contributed by atoms with Gasteiger partial charge >= 0.3 is 0 Å². The Morgan fingerprint density at radius 1 is 1.25 bits per heavy atom. The highest BCUT2D eigenvalue weighted by Gasteiger charge is 2.08. The Balaban J connectivity index is 2.04. The molecule has 4 nitrogen and oxygen atoms in total. The molecular weight excluding hydrogens is 252 g/mol. The summed E-state index contributed by atoms with van der Waals surface area (Å²) < 4.78 is 7.25. The molecule has 2 aromatic carbocycles. The molecule has 0 saturated heterocycles. The van der Waals surface area contributed by atoms with Crippen LogP contribution in [0.1, 0.15) is 15.9 Å². The minimum atomic E-state index is 0.568. The number of ether oxygens (including phenoxy) is 1. The molecule has 0 fully saturated rings. The second kappa shape index (κ2) is 5.17. The van der Waals surface area contributed by atoms with Crippen LogP contribution in [0.5, 0.6) is 5.75 Å². The molecule has 20 heavy (non-hydrogen) atoms. The molecule has 4 heteroatoms. The molecule has 3 aromatic rings. The van der Waals surface area contributed by atoms with Crippen molar-refractivity contribution in [2.45, 2.75) is 6.54 Å². The summed E-state index contributed by atoms with van der Waals surface area (Å²) in [7, 11) is 1.63. The zero-order valence-corrected chi connectivity index (χ0v) is 11.1. The van der Waals surface area contributed by atoms with Crippen molar-refractivity contribution in [1.82, 2.24) is 9.78 Å². The smallest absolute Gasteiger partial charge is 0.150 e. The van der Waals surface area contributed by atoms with Crippen LogP contribution >= 0.6 is 0 Å². The largest absolute Gasteiger partial charge is 0.496 e. The molecule has 0 spiro atoms. The summed E-state index contributed by atoms with van der Waals surface area (Å²) >= 11 is 0. The molecule has 0 aliphatic heterocycles. The summed E-state index contributed by atoms with van der Waals surface area (Å²) in [5.74, 6) is 0.759. The van der Waals surface area contributed by atoms with Crippen molar-refractivity contribution in [3.05, 3.63) is 59.8 Å². The molecule has 0 N–H and O–H groups in total. The maximum absolute atomic E-state index is 10.9. The van der Waals surface area contributed by atoms with E-state index in [9.17, 15) is 4.79 Å². The summed E-state index contributed by atoms with van der Waals surface area (Å²) in [6, 6.07) is 13.4. The van der Waals surface area contributed by atoms with Gasteiger partial charge in [0.1, 0.15) is 12.0 Å². The lowest BCUT2D eigenvalue weighted by molar-refractivity contribution is 0.112. The van der Waals surface area contributed by atoms with E-state index < -0.39 is 0 Å². The summed E-state index contributed by atoms with van der Waals surface area (Å²) in [5.41, 5.74) is 2.63. The van der Waals surface area contributed by atoms with Gasteiger partial charge in [0.2, 0.25) is 0 Å². The molecule has 100 valence electrons. The third kappa shape index (κ3) is 2.16. The van der Waals surface area contributed by atoms with E-state index in [2.05, 4.69) is 5.10 Å². The number of aldehydes is 1. The number of para-hydroxylation sites is 1. The number of fused-ring (bicyclic) bond motifs is 1. The summed E-state index contributed by atoms with van der Waals surface area (Å²) in [6.07, 6.45) is 2.68. The van der Waals surface area contributed by atoms with E-state index in [0.717, 1.165) is 28.5 Å². The minimum absolute atomic E-state index is 0.568. The Morgan fingerprint density at radius 3 is 2.90 bits per heavy atom. The van der Waals surface area contributed by atoms with Gasteiger partial charge in [0.05, 0.1) is 25.4 Å². The number of hydrogen-bond donors (Lipinski definition) is 0. The number of carbonyl (C=O) groups excluding carboxylic acids is 1. The van der Waals surface area contributed by atoms with Crippen molar-refractivity contribution >= 4 is 17.2 Å². The average molecular weight is 266 g/mol. The van der Waals surface area contributed by atoms with E-state index >= 15 is 0 Å². The van der Waals surface area contributed by atoms with Gasteiger partial charge in [-0.1, -0.05) is 18.2 Å². The fourth-order valence-electron chi connectivity index (χ4n) is 2.31. The Hall–Kier alpha value is -2.62. The van der Waals surface area contributed by atoms with Crippen molar-refractivity contribution in [3.63, 3.8) is 0 Å². The van der Waals surface area contributed by atoms with Gasteiger partial charge in [-0.25, -0.2) is 0 Å². The second-order valence-corrected chi connectivity index (χ2v) is 4.55. The van der Waals surface area contributed by atoms with Gasteiger partial charge in [-0.05, 0) is 24.3 Å². The van der Waals surface area contributed by atoms with Crippen LogP contribution in [0.3, 0.4) is 0 Å². The molecule has 0 aliphatic rings. The Kier molecular flexibility index (Phi) is 3.21. The Morgan fingerprint density at radius 2 is 2.10 bits per heavy atom. The van der Waals surface area contributed by atoms with Gasteiger partial charge in [-0.3, -0.25) is 9.48 Å². The Bertz CT molecular complexity index is 762. The number of rotatable bonds is 4. The van der Waals surface area contributed by atoms with Crippen LogP contribution in [0.15, 0.2) is 48.7 Å². The van der Waals surface area contributed by atoms with Gasteiger partial charge < -0.3 is 4.74 Å². The van der Waals surface area contributed by atoms with Crippen LogP contribution in [-0.2, 0) is 6.54 Å². The summed E-state index contributed by atoms with van der Waals surface area (Å²) in [5, 5.41) is 5.49. The van der Waals surface area contributed by atoms with Gasteiger partial charge in [0.25, 0.3) is 0 Å². The molecule has 0 saturated carbocycles. The minimum Gasteiger partial charge on any atom is -0.496 e. The number of nitrogens with zero attached hydrogens (tertiary/aromatic N) is 2. The lowest BCUT2D eigenvalue weighted by Crippen LogP contribution is -2.04. The predicted molar refractivity (Wildman–Crippen MR) is 77.2 cm³/mol. The third-order valence-electron chi connectivity index (χ3n) is 3.31. The third-order valence-corrected chi connectivity index (χ3v) is 3.31. The standard InChI is InChI=1S/C16H14N2O2/c1-20-16-7-6-12(11-19)8-14(16)10-18-15-5-3-2-4-13(15)9-17-18/h2-9,11H,10H2,1H3. The van der Waals surface area contributed by atoms with E-state index in [1.165, 1.54) is 0 Å². The fourth-order valence-corrected chi connectivity index (χ4v) is 2.31. The first-order valence-electron chi connectivity index (χ1n) is 6.34. The van der Waals surface area contributed by atoms with Crippen molar-refractivity contribution in [1.29, 1.82) is 0 Å². The molecule has 0 amide bonds. The number of benzene rings is 2. The van der Waals surface area contributed by atoms with E-state index in [-0.39, 0.29) is 0 Å². The fraction of sp³-hybridized carbons (Fsp3) is 0.125. The van der Waals surface area contributed by atoms with Crippen LogP contribution in [0, 0.1) is 0 Å². The highest BCUT2D eigenvalue weighted by atomic mass is 16.5. The maximum atomic E-state index is 10.9. The molecule has 0 bridgehead atoms. The van der Waals surface area contributed by atoms with Gasteiger partial charge in [0, 0.05) is 16.5 Å². The van der Waals surface area contributed by atoms with E-state index in [0.29, 0.717) is 12.1 Å². The SMILES string of the molecule is COc1ccc(C=O)cc1Cn1ncc2ccccc21. The van der Waals surface area contributed by atoms with E-state index in [1.54, 1.807) is 13.2 Å². The average Bonchev–Trinajstić information content (AvgIpc) is 2.90. The lowest BCUT2D eigenvalue weighted by Gasteiger charge is -2.10. The molecule has 0 unspecified atom stereocenters. The van der Waals surface area contributed by atoms with Gasteiger partial charge in [0.15, 0.2) is 0 Å². The topological polar surface area (TPSA) is 44.1 Å². The predicted octanol–water partition coefficient (Wildman–Crippen LogP) is 2.91. The number of methoxy groups -OCH3 is 1. The van der Waals surface area contributed by atoms with Crippen molar-refractivity contribution in [3.8, 4) is 5.75 Å². The quantitative estimate of drug-likeness (QED) is 0.682. The van der Waals surface area contributed by atoms with Gasteiger partial charge in [-0.15, -0.1) is 0 Å². The molecule has 1 aromatic heterocycles. The zero-order valence-electron chi connectivity index (χ0n) is 11.1. The summed E-state index contributed by atoms with van der Waals surface area (Å²) in [6.45, 7) is 0.568.